The number of rotatable bonds is 18. The molecule has 1 unspecified atom stereocenters. The molecule has 13 nitrogen and oxygen atoms in total. The predicted molar refractivity (Wildman–Crippen MR) is 145 cm³/mol. The Hall–Kier alpha value is -4.10. The van der Waals surface area contributed by atoms with E-state index >= 15 is 0 Å². The van der Waals surface area contributed by atoms with Crippen molar-refractivity contribution in [2.45, 2.75) is 33.4 Å². The summed E-state index contributed by atoms with van der Waals surface area (Å²) in [6, 6.07) is 5.83. The number of nitrogens with one attached hydrogen (secondary N) is 3. The third-order valence-corrected chi connectivity index (χ3v) is 5.24. The molecule has 13 heteroatoms. The molecular formula is C27H38N4O9. The standard InChI is InChI=1S/C27H38N4O9/c1-19(2)26(30-24(35)18-39-15-14-38-13-11-31(4)25(36)6-5-12-32)27(37)28-16-23(34)29-22-9-7-21(8-10-22)17-40-20(3)33/h5-10,12,19,26H,11,13-18H2,1-4H3,(H,28,37)(H,29,34)(H,30,35)/b6-5-. The molecule has 0 heterocycles. The van der Waals surface area contributed by atoms with Crippen LogP contribution in [0.5, 0.6) is 0 Å². The summed E-state index contributed by atoms with van der Waals surface area (Å²) in [5.74, 6) is -2.43. The number of esters is 1. The van der Waals surface area contributed by atoms with E-state index in [0.717, 1.165) is 17.7 Å². The van der Waals surface area contributed by atoms with E-state index in [0.29, 0.717) is 18.5 Å². The van der Waals surface area contributed by atoms with Gasteiger partial charge in [-0.1, -0.05) is 26.0 Å². The number of carbonyl (C=O) groups is 6. The lowest BCUT2D eigenvalue weighted by Crippen LogP contribution is -2.51. The minimum atomic E-state index is -0.873. The molecule has 1 aromatic carbocycles. The van der Waals surface area contributed by atoms with E-state index in [1.54, 1.807) is 45.2 Å². The summed E-state index contributed by atoms with van der Waals surface area (Å²) in [4.78, 5) is 71.2. The number of ether oxygens (including phenoxy) is 3. The highest BCUT2D eigenvalue weighted by atomic mass is 16.5. The maximum Gasteiger partial charge on any atom is 0.302 e. The minimum Gasteiger partial charge on any atom is -0.461 e. The van der Waals surface area contributed by atoms with Crippen molar-refractivity contribution in [3.8, 4) is 0 Å². The number of anilines is 1. The van der Waals surface area contributed by atoms with Crippen molar-refractivity contribution in [1.82, 2.24) is 15.5 Å². The lowest BCUT2D eigenvalue weighted by Gasteiger charge is -2.21. The maximum atomic E-state index is 12.6. The number of hydrogen-bond acceptors (Lipinski definition) is 9. The fourth-order valence-electron chi connectivity index (χ4n) is 3.05. The average molecular weight is 563 g/mol. The van der Waals surface area contributed by atoms with Crippen molar-refractivity contribution in [3.63, 3.8) is 0 Å². The molecule has 3 N–H and O–H groups in total. The summed E-state index contributed by atoms with van der Waals surface area (Å²) in [5, 5.41) is 7.77. The molecule has 0 bridgehead atoms. The number of aldehydes is 1. The lowest BCUT2D eigenvalue weighted by molar-refractivity contribution is -0.142. The van der Waals surface area contributed by atoms with Gasteiger partial charge < -0.3 is 35.1 Å². The molecule has 220 valence electrons. The van der Waals surface area contributed by atoms with Gasteiger partial charge in [-0.25, -0.2) is 0 Å². The van der Waals surface area contributed by atoms with Crippen LogP contribution in [0.1, 0.15) is 26.3 Å². The number of benzene rings is 1. The molecule has 0 aromatic heterocycles. The van der Waals surface area contributed by atoms with Crippen LogP contribution < -0.4 is 16.0 Å². The van der Waals surface area contributed by atoms with E-state index in [1.807, 2.05) is 0 Å². The largest absolute Gasteiger partial charge is 0.461 e. The highest BCUT2D eigenvalue weighted by Crippen LogP contribution is 2.10. The monoisotopic (exact) mass is 562 g/mol. The summed E-state index contributed by atoms with van der Waals surface area (Å²) < 4.78 is 15.5. The SMILES string of the molecule is CC(=O)OCc1ccc(NC(=O)CNC(=O)C(NC(=O)COCCOCCN(C)C(=O)/C=C\C=O)C(C)C)cc1. The second-order valence-electron chi connectivity index (χ2n) is 8.95. The topological polar surface area (TPSA) is 169 Å². The van der Waals surface area contributed by atoms with Crippen LogP contribution in [-0.2, 0) is 49.6 Å². The zero-order valence-corrected chi connectivity index (χ0v) is 23.3. The predicted octanol–water partition coefficient (Wildman–Crippen LogP) is 0.192. The Kier molecular flexibility index (Phi) is 16.1. The summed E-state index contributed by atoms with van der Waals surface area (Å²) >= 11 is 0. The first kappa shape index (κ1) is 33.9. The van der Waals surface area contributed by atoms with Crippen LogP contribution in [-0.4, -0.2) is 93.4 Å². The fourth-order valence-corrected chi connectivity index (χ4v) is 3.05. The van der Waals surface area contributed by atoms with E-state index in [9.17, 15) is 28.8 Å². The van der Waals surface area contributed by atoms with Crippen LogP contribution in [0.15, 0.2) is 36.4 Å². The highest BCUT2D eigenvalue weighted by Gasteiger charge is 2.24. The molecule has 0 fully saturated rings. The first-order valence-electron chi connectivity index (χ1n) is 12.6. The van der Waals surface area contributed by atoms with E-state index in [2.05, 4.69) is 16.0 Å². The Morgan fingerprint density at radius 3 is 2.27 bits per heavy atom. The van der Waals surface area contributed by atoms with E-state index in [-0.39, 0.29) is 57.4 Å². The van der Waals surface area contributed by atoms with Gasteiger partial charge in [-0.05, 0) is 29.7 Å². The third-order valence-electron chi connectivity index (χ3n) is 5.24. The first-order valence-corrected chi connectivity index (χ1v) is 12.6. The Labute approximate surface area is 233 Å². The van der Waals surface area contributed by atoms with Crippen LogP contribution >= 0.6 is 0 Å². The second-order valence-corrected chi connectivity index (χ2v) is 8.95. The van der Waals surface area contributed by atoms with Gasteiger partial charge in [0.15, 0.2) is 0 Å². The second kappa shape index (κ2) is 19.0. The van der Waals surface area contributed by atoms with Crippen molar-refractivity contribution in [2.24, 2.45) is 5.92 Å². The molecule has 1 rings (SSSR count). The molecule has 1 atom stereocenters. The van der Waals surface area contributed by atoms with Crippen molar-refractivity contribution in [3.05, 3.63) is 42.0 Å². The van der Waals surface area contributed by atoms with Crippen molar-refractivity contribution in [2.75, 3.05) is 51.9 Å². The zero-order chi connectivity index (χ0) is 29.9. The van der Waals surface area contributed by atoms with Crippen LogP contribution in [0.3, 0.4) is 0 Å². The summed E-state index contributed by atoms with van der Waals surface area (Å²) in [6.45, 7) is 5.26. The van der Waals surface area contributed by atoms with Gasteiger partial charge in [-0.2, -0.15) is 0 Å². The Bertz CT molecular complexity index is 1030. The molecule has 1 aromatic rings. The Morgan fingerprint density at radius 2 is 1.65 bits per heavy atom. The van der Waals surface area contributed by atoms with Crippen molar-refractivity contribution < 1.29 is 43.0 Å². The van der Waals surface area contributed by atoms with E-state index in [1.165, 1.54) is 11.8 Å². The van der Waals surface area contributed by atoms with E-state index < -0.39 is 23.8 Å². The number of hydrogen-bond donors (Lipinski definition) is 3. The summed E-state index contributed by atoms with van der Waals surface area (Å²) in [6.07, 6.45) is 2.79. The van der Waals surface area contributed by atoms with Gasteiger partial charge in [0.1, 0.15) is 25.5 Å². The first-order chi connectivity index (χ1) is 19.0. The molecule has 0 aliphatic rings. The average Bonchev–Trinajstić information content (AvgIpc) is 2.91. The number of allylic oxidation sites excluding steroid dienone is 1. The molecule has 0 aliphatic carbocycles. The number of amides is 4. The van der Waals surface area contributed by atoms with Crippen molar-refractivity contribution >= 4 is 41.6 Å². The number of likely N-dealkylation sites (N-methyl/N-ethyl adjacent to an activating group) is 1. The van der Waals surface area contributed by atoms with Gasteiger partial charge in [0, 0.05) is 32.3 Å². The summed E-state index contributed by atoms with van der Waals surface area (Å²) in [5.41, 5.74) is 1.27. The maximum absolute atomic E-state index is 12.6. The molecule has 0 aliphatic heterocycles. The number of carbonyl (C=O) groups excluding carboxylic acids is 6. The molecule has 0 saturated carbocycles. The molecule has 0 radical (unpaired) electrons. The molecule has 40 heavy (non-hydrogen) atoms. The van der Waals surface area contributed by atoms with Crippen LogP contribution in [0, 0.1) is 5.92 Å². The quantitative estimate of drug-likeness (QED) is 0.0978. The van der Waals surface area contributed by atoms with Crippen LogP contribution in [0.25, 0.3) is 0 Å². The summed E-state index contributed by atoms with van der Waals surface area (Å²) in [7, 11) is 1.57. The van der Waals surface area contributed by atoms with Gasteiger partial charge in [0.25, 0.3) is 0 Å². The Balaban J connectivity index is 2.32. The van der Waals surface area contributed by atoms with Gasteiger partial charge >= 0.3 is 5.97 Å². The zero-order valence-electron chi connectivity index (χ0n) is 23.3. The fraction of sp³-hybridized carbons (Fsp3) is 0.481. The molecule has 0 spiro atoms. The van der Waals surface area contributed by atoms with Crippen molar-refractivity contribution in [1.29, 1.82) is 0 Å². The van der Waals surface area contributed by atoms with Crippen LogP contribution in [0.2, 0.25) is 0 Å². The number of nitrogens with zero attached hydrogens (tertiary/aromatic N) is 1. The normalized spacial score (nSPS) is 11.5. The van der Waals surface area contributed by atoms with E-state index in [4.69, 9.17) is 14.2 Å². The third kappa shape index (κ3) is 14.7. The molecular weight excluding hydrogens is 524 g/mol. The Morgan fingerprint density at radius 1 is 0.975 bits per heavy atom. The van der Waals surface area contributed by atoms with Gasteiger partial charge in [-0.3, -0.25) is 28.8 Å². The van der Waals surface area contributed by atoms with Crippen LogP contribution in [0.4, 0.5) is 5.69 Å². The van der Waals surface area contributed by atoms with Gasteiger partial charge in [0.05, 0.1) is 26.4 Å². The minimum absolute atomic E-state index is 0.125. The van der Waals surface area contributed by atoms with Gasteiger partial charge in [-0.15, -0.1) is 0 Å². The lowest BCUT2D eigenvalue weighted by atomic mass is 10.0. The highest BCUT2D eigenvalue weighted by molar-refractivity contribution is 5.96. The molecule has 4 amide bonds. The van der Waals surface area contributed by atoms with Gasteiger partial charge in [0.2, 0.25) is 23.6 Å². The smallest absolute Gasteiger partial charge is 0.302 e. The molecule has 0 saturated heterocycles.